The molecule has 2 aliphatic rings. The standard InChI is InChI=1S/C30H30FN5O2/c1-18-11-21(8-7-20-9-10-38-19(2)12-20)13-26(33-18)30(37)35-28(25-14-22-5-3-4-6-24(22)34-25)29-27-15-23(31)16-36(27)17-32-29/h3-6,11,13-14,17,19-20,23,28,34H,9-10,12,15-16H2,1-2H3,(H,35,37)/t19-,20-,23-,28?/m1/s1. The molecule has 4 aromatic rings. The number of carbonyl (C=O) groups is 1. The minimum absolute atomic E-state index is 0.210. The molecule has 194 valence electrons. The summed E-state index contributed by atoms with van der Waals surface area (Å²) >= 11 is 0. The van der Waals surface area contributed by atoms with E-state index in [-0.39, 0.29) is 36.6 Å². The molecule has 2 N–H and O–H groups in total. The third-order valence-corrected chi connectivity index (χ3v) is 7.29. The van der Waals surface area contributed by atoms with E-state index < -0.39 is 12.2 Å². The maximum Gasteiger partial charge on any atom is 0.270 e. The Kier molecular flexibility index (Phi) is 6.46. The largest absolute Gasteiger partial charge is 0.378 e. The Morgan fingerprint density at radius 2 is 2.16 bits per heavy atom. The topological polar surface area (TPSA) is 84.8 Å². The minimum atomic E-state index is -0.955. The quantitative estimate of drug-likeness (QED) is 0.391. The molecule has 4 atom stereocenters. The van der Waals surface area contributed by atoms with Gasteiger partial charge in [-0.3, -0.25) is 4.79 Å². The summed E-state index contributed by atoms with van der Waals surface area (Å²) in [6.07, 6.45) is 3.00. The first kappa shape index (κ1) is 24.4. The zero-order valence-corrected chi connectivity index (χ0v) is 21.5. The smallest absolute Gasteiger partial charge is 0.270 e. The molecule has 8 heteroatoms. The predicted molar refractivity (Wildman–Crippen MR) is 142 cm³/mol. The molecule has 7 nitrogen and oxygen atoms in total. The number of carbonyl (C=O) groups excluding carboxylic acids is 1. The van der Waals surface area contributed by atoms with E-state index in [4.69, 9.17) is 4.74 Å². The zero-order valence-electron chi connectivity index (χ0n) is 21.5. The van der Waals surface area contributed by atoms with E-state index in [2.05, 4.69) is 39.0 Å². The molecule has 38 heavy (non-hydrogen) atoms. The second-order valence-electron chi connectivity index (χ2n) is 10.3. The van der Waals surface area contributed by atoms with Crippen LogP contribution >= 0.6 is 0 Å². The van der Waals surface area contributed by atoms with E-state index in [1.165, 1.54) is 0 Å². The van der Waals surface area contributed by atoms with Crippen molar-refractivity contribution in [3.8, 4) is 11.8 Å². The lowest BCUT2D eigenvalue weighted by Crippen LogP contribution is -2.31. The van der Waals surface area contributed by atoms with Gasteiger partial charge in [0.05, 0.1) is 24.7 Å². The molecule has 1 saturated heterocycles. The molecule has 1 aromatic carbocycles. The fourth-order valence-electron chi connectivity index (χ4n) is 5.45. The molecule has 0 radical (unpaired) electrons. The van der Waals surface area contributed by atoms with Gasteiger partial charge in [0.2, 0.25) is 0 Å². The van der Waals surface area contributed by atoms with Crippen LogP contribution in [0.4, 0.5) is 4.39 Å². The number of benzene rings is 1. The lowest BCUT2D eigenvalue weighted by Gasteiger charge is -2.23. The van der Waals surface area contributed by atoms with Crippen molar-refractivity contribution in [3.05, 3.63) is 82.8 Å². The SMILES string of the molecule is Cc1cc(C#C[C@@H]2CCO[C@H](C)C2)cc(C(=O)NC(c2cc3ccccc3[nH]2)c2ncn3c2C[C@@H](F)C3)n1. The van der Waals surface area contributed by atoms with E-state index >= 15 is 0 Å². The Balaban J connectivity index is 1.31. The Labute approximate surface area is 220 Å². The third kappa shape index (κ3) is 4.94. The number of pyridine rings is 1. The van der Waals surface area contributed by atoms with Crippen LogP contribution in [0.1, 0.15) is 64.6 Å². The second kappa shape index (κ2) is 10.1. The van der Waals surface area contributed by atoms with Crippen molar-refractivity contribution >= 4 is 16.8 Å². The number of para-hydroxylation sites is 1. The number of imidazole rings is 1. The van der Waals surface area contributed by atoms with Crippen molar-refractivity contribution < 1.29 is 13.9 Å². The van der Waals surface area contributed by atoms with Crippen molar-refractivity contribution in [2.75, 3.05) is 6.61 Å². The lowest BCUT2D eigenvalue weighted by atomic mass is 9.96. The molecule has 5 heterocycles. The van der Waals surface area contributed by atoms with Crippen LogP contribution in [-0.4, -0.2) is 44.3 Å². The molecule has 2 aliphatic heterocycles. The molecule has 0 spiro atoms. The van der Waals surface area contributed by atoms with E-state index in [1.54, 1.807) is 12.4 Å². The first-order chi connectivity index (χ1) is 18.4. The van der Waals surface area contributed by atoms with Crippen LogP contribution in [0.25, 0.3) is 10.9 Å². The molecular weight excluding hydrogens is 481 g/mol. The van der Waals surface area contributed by atoms with Gasteiger partial charge in [-0.1, -0.05) is 30.0 Å². The molecule has 1 unspecified atom stereocenters. The maximum absolute atomic E-state index is 14.2. The van der Waals surface area contributed by atoms with E-state index in [9.17, 15) is 9.18 Å². The number of fused-ring (bicyclic) bond motifs is 2. The summed E-state index contributed by atoms with van der Waals surface area (Å²) in [5, 5.41) is 4.15. The summed E-state index contributed by atoms with van der Waals surface area (Å²) in [5.41, 5.74) is 4.94. The van der Waals surface area contributed by atoms with Gasteiger partial charge in [0, 0.05) is 47.1 Å². The second-order valence-corrected chi connectivity index (χ2v) is 10.3. The van der Waals surface area contributed by atoms with E-state index in [0.29, 0.717) is 11.4 Å². The van der Waals surface area contributed by atoms with Crippen molar-refractivity contribution in [1.29, 1.82) is 0 Å². The average Bonchev–Trinajstić information content (AvgIpc) is 3.59. The van der Waals surface area contributed by atoms with Crippen molar-refractivity contribution in [1.82, 2.24) is 24.8 Å². The number of amides is 1. The number of aryl methyl sites for hydroxylation is 1. The summed E-state index contributed by atoms with van der Waals surface area (Å²) in [6.45, 7) is 4.93. The van der Waals surface area contributed by atoms with Crippen LogP contribution in [0.5, 0.6) is 0 Å². The van der Waals surface area contributed by atoms with Gasteiger partial charge in [0.15, 0.2) is 0 Å². The molecule has 3 aromatic heterocycles. The average molecular weight is 512 g/mol. The summed E-state index contributed by atoms with van der Waals surface area (Å²) in [7, 11) is 0. The van der Waals surface area contributed by atoms with Gasteiger partial charge >= 0.3 is 0 Å². The van der Waals surface area contributed by atoms with Gasteiger partial charge in [-0.05, 0) is 56.3 Å². The molecule has 0 bridgehead atoms. The number of hydrogen-bond acceptors (Lipinski definition) is 4. The Hall–Kier alpha value is -3.96. The first-order valence-corrected chi connectivity index (χ1v) is 13.1. The summed E-state index contributed by atoms with van der Waals surface area (Å²) in [5.74, 6) is 6.55. The summed E-state index contributed by atoms with van der Waals surface area (Å²) in [4.78, 5) is 26.1. The highest BCUT2D eigenvalue weighted by molar-refractivity contribution is 5.93. The minimum Gasteiger partial charge on any atom is -0.378 e. The normalized spacial score (nSPS) is 21.5. The number of nitrogens with zero attached hydrogens (tertiary/aromatic N) is 3. The molecule has 1 amide bonds. The number of H-pyrrole nitrogens is 1. The lowest BCUT2D eigenvalue weighted by molar-refractivity contribution is 0.0144. The number of hydrogen-bond donors (Lipinski definition) is 2. The van der Waals surface area contributed by atoms with Crippen molar-refractivity contribution in [2.45, 2.75) is 58.0 Å². The zero-order chi connectivity index (χ0) is 26.2. The van der Waals surface area contributed by atoms with Crippen LogP contribution in [0.15, 0.2) is 48.8 Å². The molecule has 0 aliphatic carbocycles. The van der Waals surface area contributed by atoms with Gasteiger partial charge in [0.1, 0.15) is 17.9 Å². The Bertz CT molecular complexity index is 1530. The van der Waals surface area contributed by atoms with Crippen molar-refractivity contribution in [2.24, 2.45) is 5.92 Å². The predicted octanol–water partition coefficient (Wildman–Crippen LogP) is 4.65. The first-order valence-electron chi connectivity index (χ1n) is 13.1. The highest BCUT2D eigenvalue weighted by atomic mass is 19.1. The highest BCUT2D eigenvalue weighted by Gasteiger charge is 2.31. The number of nitrogens with one attached hydrogen (secondary N) is 2. The monoisotopic (exact) mass is 511 g/mol. The number of halogens is 1. The van der Waals surface area contributed by atoms with Crippen LogP contribution in [0, 0.1) is 24.7 Å². The van der Waals surface area contributed by atoms with Gasteiger partial charge in [-0.15, -0.1) is 0 Å². The fraction of sp³-hybridized carbons (Fsp3) is 0.367. The van der Waals surface area contributed by atoms with Crippen LogP contribution in [0.2, 0.25) is 0 Å². The highest BCUT2D eigenvalue weighted by Crippen LogP contribution is 2.31. The van der Waals surface area contributed by atoms with Crippen LogP contribution < -0.4 is 5.32 Å². The summed E-state index contributed by atoms with van der Waals surface area (Å²) in [6, 6.07) is 13.0. The van der Waals surface area contributed by atoms with Crippen molar-refractivity contribution in [3.63, 3.8) is 0 Å². The number of aromatic amines is 1. The Morgan fingerprint density at radius 1 is 1.29 bits per heavy atom. The van der Waals surface area contributed by atoms with Crippen LogP contribution in [0.3, 0.4) is 0 Å². The molecule has 0 saturated carbocycles. The maximum atomic E-state index is 14.2. The number of ether oxygens (including phenoxy) is 1. The van der Waals surface area contributed by atoms with E-state index in [0.717, 1.165) is 47.3 Å². The molecule has 6 rings (SSSR count). The number of aromatic nitrogens is 4. The van der Waals surface area contributed by atoms with Crippen LogP contribution in [-0.2, 0) is 17.7 Å². The van der Waals surface area contributed by atoms with Gasteiger partial charge in [0.25, 0.3) is 5.91 Å². The number of rotatable bonds is 4. The van der Waals surface area contributed by atoms with Gasteiger partial charge in [-0.25, -0.2) is 14.4 Å². The van der Waals surface area contributed by atoms with Gasteiger partial charge < -0.3 is 19.6 Å². The van der Waals surface area contributed by atoms with E-state index in [1.807, 2.05) is 47.9 Å². The molecular formula is C30H30FN5O2. The third-order valence-electron chi connectivity index (χ3n) is 7.29. The molecule has 1 fully saturated rings. The number of alkyl halides is 1. The summed E-state index contributed by atoms with van der Waals surface area (Å²) < 4.78 is 21.7. The Morgan fingerprint density at radius 3 is 3.00 bits per heavy atom. The van der Waals surface area contributed by atoms with Gasteiger partial charge in [-0.2, -0.15) is 0 Å². The fourth-order valence-corrected chi connectivity index (χ4v) is 5.45.